The van der Waals surface area contributed by atoms with Crippen LogP contribution in [0.1, 0.15) is 22.9 Å². The maximum Gasteiger partial charge on any atom is 0.416 e. The van der Waals surface area contributed by atoms with E-state index in [1.165, 1.54) is 10.7 Å². The fourth-order valence-corrected chi connectivity index (χ4v) is 5.55. The summed E-state index contributed by atoms with van der Waals surface area (Å²) < 4.78 is 122. The third-order valence-corrected chi connectivity index (χ3v) is 7.52. The molecule has 10 nitrogen and oxygen atoms in total. The van der Waals surface area contributed by atoms with Crippen LogP contribution in [0.5, 0.6) is 11.6 Å². The molecule has 0 saturated carbocycles. The highest BCUT2D eigenvalue weighted by Gasteiger charge is 2.46. The molecule has 1 N–H and O–H groups in total. The van der Waals surface area contributed by atoms with Gasteiger partial charge in [-0.3, -0.25) is 0 Å². The molecule has 1 aliphatic heterocycles. The SMILES string of the molecule is Cc1nnc(Cn2nc(-c3cccc(C4(NS(=O)(=O)CC(F)(F)F)COC4)c3)cc2Oc2ccc(C(F)(F)F)cc2)o1. The van der Waals surface area contributed by atoms with Gasteiger partial charge in [-0.15, -0.1) is 10.2 Å². The highest BCUT2D eigenvalue weighted by molar-refractivity contribution is 7.89. The number of aromatic nitrogens is 4. The van der Waals surface area contributed by atoms with Crippen LogP contribution in [0.2, 0.25) is 0 Å². The number of rotatable bonds is 9. The van der Waals surface area contributed by atoms with Crippen LogP contribution in [0.15, 0.2) is 59.0 Å². The van der Waals surface area contributed by atoms with Gasteiger partial charge in [0.1, 0.15) is 17.8 Å². The van der Waals surface area contributed by atoms with Gasteiger partial charge in [-0.25, -0.2) is 13.1 Å². The molecule has 0 spiro atoms. The van der Waals surface area contributed by atoms with Gasteiger partial charge >= 0.3 is 12.4 Å². The number of nitrogens with one attached hydrogen (secondary N) is 1. The number of hydrogen-bond donors (Lipinski definition) is 1. The quantitative estimate of drug-likeness (QED) is 0.266. The molecule has 0 aliphatic carbocycles. The Morgan fingerprint density at radius 2 is 1.74 bits per heavy atom. The van der Waals surface area contributed by atoms with E-state index < -0.39 is 39.2 Å². The number of alkyl halides is 6. The molecule has 1 fully saturated rings. The van der Waals surface area contributed by atoms with Gasteiger partial charge < -0.3 is 13.9 Å². The fourth-order valence-electron chi connectivity index (χ4n) is 4.21. The molecular weight excluding hydrogens is 596 g/mol. The van der Waals surface area contributed by atoms with Crippen LogP contribution in [-0.2, 0) is 33.0 Å². The molecule has 17 heteroatoms. The van der Waals surface area contributed by atoms with Gasteiger partial charge in [0.2, 0.25) is 27.7 Å². The molecule has 0 atom stereocenters. The lowest BCUT2D eigenvalue weighted by Crippen LogP contribution is -2.60. The number of halogens is 6. The summed E-state index contributed by atoms with van der Waals surface area (Å²) in [5.41, 5.74) is -1.22. The van der Waals surface area contributed by atoms with Gasteiger partial charge in [0.15, 0.2) is 5.75 Å². The van der Waals surface area contributed by atoms with E-state index in [4.69, 9.17) is 13.9 Å². The first-order chi connectivity index (χ1) is 19.6. The molecule has 0 amide bonds. The van der Waals surface area contributed by atoms with Crippen LogP contribution < -0.4 is 9.46 Å². The van der Waals surface area contributed by atoms with E-state index in [0.717, 1.165) is 24.3 Å². The summed E-state index contributed by atoms with van der Waals surface area (Å²) in [5, 5.41) is 12.2. The van der Waals surface area contributed by atoms with E-state index in [-0.39, 0.29) is 43.2 Å². The zero-order chi connectivity index (χ0) is 30.3. The van der Waals surface area contributed by atoms with E-state index >= 15 is 0 Å². The first-order valence-electron chi connectivity index (χ1n) is 12.1. The molecule has 2 aromatic heterocycles. The second-order valence-corrected chi connectivity index (χ2v) is 11.2. The van der Waals surface area contributed by atoms with Crippen LogP contribution in [0.3, 0.4) is 0 Å². The minimum absolute atomic E-state index is 0.0640. The molecule has 4 aromatic rings. The summed E-state index contributed by atoms with van der Waals surface area (Å²) >= 11 is 0. The molecular formula is C25H21F6N5O5S. The first-order valence-corrected chi connectivity index (χ1v) is 13.8. The maximum absolute atomic E-state index is 13.0. The zero-order valence-corrected chi connectivity index (χ0v) is 22.3. The molecule has 224 valence electrons. The summed E-state index contributed by atoms with van der Waals surface area (Å²) in [6.45, 7) is 1.13. The smallest absolute Gasteiger partial charge is 0.416 e. The van der Waals surface area contributed by atoms with Crippen LogP contribution >= 0.6 is 0 Å². The van der Waals surface area contributed by atoms with E-state index in [1.54, 1.807) is 31.2 Å². The monoisotopic (exact) mass is 617 g/mol. The molecule has 0 radical (unpaired) electrons. The minimum Gasteiger partial charge on any atom is -0.439 e. The first kappa shape index (κ1) is 29.5. The highest BCUT2D eigenvalue weighted by atomic mass is 32.2. The molecule has 1 aliphatic rings. The maximum atomic E-state index is 13.0. The number of benzene rings is 2. The van der Waals surface area contributed by atoms with Gasteiger partial charge in [0, 0.05) is 18.6 Å². The number of nitrogens with zero attached hydrogens (tertiary/aromatic N) is 4. The van der Waals surface area contributed by atoms with Crippen molar-refractivity contribution in [1.82, 2.24) is 24.7 Å². The number of aryl methyl sites for hydroxylation is 1. The summed E-state index contributed by atoms with van der Waals surface area (Å²) in [7, 11) is -4.75. The van der Waals surface area contributed by atoms with Crippen LogP contribution in [0.4, 0.5) is 26.3 Å². The van der Waals surface area contributed by atoms with E-state index in [2.05, 4.69) is 20.0 Å². The highest BCUT2D eigenvalue weighted by Crippen LogP contribution is 2.36. The number of ether oxygens (including phenoxy) is 2. The van der Waals surface area contributed by atoms with Crippen LogP contribution in [0.25, 0.3) is 11.3 Å². The van der Waals surface area contributed by atoms with E-state index in [0.29, 0.717) is 16.8 Å². The third kappa shape index (κ3) is 6.74. The van der Waals surface area contributed by atoms with Crippen molar-refractivity contribution in [2.75, 3.05) is 19.0 Å². The molecule has 2 aromatic carbocycles. The van der Waals surface area contributed by atoms with Gasteiger partial charge in [0.05, 0.1) is 24.5 Å². The van der Waals surface area contributed by atoms with Gasteiger partial charge in [-0.1, -0.05) is 18.2 Å². The number of sulfonamides is 1. The Kier molecular flexibility index (Phi) is 7.53. The van der Waals surface area contributed by atoms with E-state index in [1.807, 2.05) is 0 Å². The molecule has 0 bridgehead atoms. The lowest BCUT2D eigenvalue weighted by molar-refractivity contribution is -0.137. The largest absolute Gasteiger partial charge is 0.439 e. The minimum atomic E-state index is -4.94. The fraction of sp³-hybridized carbons (Fsp3) is 0.320. The van der Waals surface area contributed by atoms with Crippen molar-refractivity contribution in [3.05, 3.63) is 77.5 Å². The predicted molar refractivity (Wildman–Crippen MR) is 133 cm³/mol. The van der Waals surface area contributed by atoms with Crippen molar-refractivity contribution >= 4 is 10.0 Å². The predicted octanol–water partition coefficient (Wildman–Crippen LogP) is 4.81. The molecule has 0 unspecified atom stereocenters. The Morgan fingerprint density at radius 1 is 1.02 bits per heavy atom. The Balaban J connectivity index is 1.47. The van der Waals surface area contributed by atoms with Gasteiger partial charge in [-0.05, 0) is 35.9 Å². The Morgan fingerprint density at radius 3 is 2.31 bits per heavy atom. The summed E-state index contributed by atoms with van der Waals surface area (Å²) in [5.74, 6) is -1.42. The average Bonchev–Trinajstić information content (AvgIpc) is 3.45. The normalized spacial score (nSPS) is 15.4. The molecule has 42 heavy (non-hydrogen) atoms. The van der Waals surface area contributed by atoms with Crippen LogP contribution in [0, 0.1) is 6.92 Å². The molecule has 3 heterocycles. The Hall–Kier alpha value is -3.96. The van der Waals surface area contributed by atoms with E-state index in [9.17, 15) is 34.8 Å². The average molecular weight is 618 g/mol. The summed E-state index contributed by atoms with van der Waals surface area (Å²) in [6, 6.07) is 11.8. The lowest BCUT2D eigenvalue weighted by Gasteiger charge is -2.42. The summed E-state index contributed by atoms with van der Waals surface area (Å²) in [6.07, 6.45) is -9.47. The lowest BCUT2D eigenvalue weighted by atomic mass is 9.88. The molecule has 1 saturated heterocycles. The second-order valence-electron chi connectivity index (χ2n) is 9.50. The number of hydrogen-bond acceptors (Lipinski definition) is 8. The van der Waals surface area contributed by atoms with Crippen LogP contribution in [-0.4, -0.2) is 53.5 Å². The van der Waals surface area contributed by atoms with Crippen molar-refractivity contribution in [3.8, 4) is 22.9 Å². The standard InChI is InChI=1S/C25H21F6N5O5S/c1-15-32-33-21(40-15)11-36-22(41-19-7-5-17(6-8-19)25(29,30)31)10-20(34-36)16-3-2-4-18(9-16)23(12-39-13-23)35-42(37,38)14-24(26,27)28/h2-10,35H,11-14H2,1H3. The van der Waals surface area contributed by atoms with Crippen molar-refractivity contribution < 1.29 is 48.7 Å². The Labute approximate surface area is 234 Å². The van der Waals surface area contributed by atoms with Crippen molar-refractivity contribution in [3.63, 3.8) is 0 Å². The zero-order valence-electron chi connectivity index (χ0n) is 21.5. The summed E-state index contributed by atoms with van der Waals surface area (Å²) in [4.78, 5) is 0. The molecule has 5 rings (SSSR count). The van der Waals surface area contributed by atoms with Gasteiger partial charge in [0.25, 0.3) is 0 Å². The van der Waals surface area contributed by atoms with Gasteiger partial charge in [-0.2, -0.15) is 36.2 Å². The Bertz CT molecular complexity index is 1680. The van der Waals surface area contributed by atoms with Crippen molar-refractivity contribution in [2.45, 2.75) is 31.4 Å². The topological polar surface area (TPSA) is 121 Å². The third-order valence-electron chi connectivity index (χ3n) is 6.11. The van der Waals surface area contributed by atoms with Crippen molar-refractivity contribution in [1.29, 1.82) is 0 Å². The second kappa shape index (κ2) is 10.7. The van der Waals surface area contributed by atoms with Crippen molar-refractivity contribution in [2.24, 2.45) is 0 Å².